The molecule has 0 bridgehead atoms. The van der Waals surface area contributed by atoms with Gasteiger partial charge in [-0.15, -0.1) is 0 Å². The number of hydrogen-bond donors (Lipinski definition) is 0. The topological polar surface area (TPSA) is 12.5 Å². The number of benzene rings is 2. The Hall–Kier alpha value is -2.08. The molecule has 0 aliphatic carbocycles. The molecule has 2 aromatic rings. The van der Waals surface area contributed by atoms with E-state index in [9.17, 15) is 17.6 Å². The van der Waals surface area contributed by atoms with Crippen LogP contribution in [0.3, 0.4) is 0 Å². The zero-order valence-corrected chi connectivity index (χ0v) is 12.2. The summed E-state index contributed by atoms with van der Waals surface area (Å²) in [5.74, 6) is -0.422. The van der Waals surface area contributed by atoms with E-state index in [1.165, 1.54) is 24.3 Å². The third-order valence-corrected chi connectivity index (χ3v) is 3.80. The smallest absolute Gasteiger partial charge is 0.378 e. The molecule has 0 unspecified atom stereocenters. The number of halogens is 4. The maximum Gasteiger partial charge on any atom is 0.416 e. The number of rotatable bonds is 2. The molecular formula is C17H15F4NO. The summed E-state index contributed by atoms with van der Waals surface area (Å²) in [6.45, 7) is 2.07. The summed E-state index contributed by atoms with van der Waals surface area (Å²) in [5, 5.41) is 0. The Morgan fingerprint density at radius 2 is 1.52 bits per heavy atom. The first kappa shape index (κ1) is 15.8. The van der Waals surface area contributed by atoms with E-state index >= 15 is 0 Å². The molecule has 0 saturated carbocycles. The lowest BCUT2D eigenvalue weighted by molar-refractivity contribution is -0.137. The van der Waals surface area contributed by atoms with E-state index in [1.54, 1.807) is 6.07 Å². The maximum absolute atomic E-state index is 13.2. The molecule has 122 valence electrons. The first-order valence-electron chi connectivity index (χ1n) is 7.24. The second kappa shape index (κ2) is 6.20. The van der Waals surface area contributed by atoms with Crippen LogP contribution in [-0.4, -0.2) is 26.3 Å². The molecule has 2 aromatic carbocycles. The van der Waals surface area contributed by atoms with Gasteiger partial charge in [0, 0.05) is 18.8 Å². The highest BCUT2D eigenvalue weighted by Crippen LogP contribution is 2.36. The molecule has 0 spiro atoms. The molecular weight excluding hydrogens is 310 g/mol. The molecule has 1 aliphatic rings. The summed E-state index contributed by atoms with van der Waals surface area (Å²) in [5.41, 5.74) is 0.761. The van der Waals surface area contributed by atoms with Gasteiger partial charge in [0.2, 0.25) is 0 Å². The minimum absolute atomic E-state index is 0.418. The Kier molecular flexibility index (Phi) is 4.26. The van der Waals surface area contributed by atoms with Crippen molar-refractivity contribution in [1.82, 2.24) is 0 Å². The van der Waals surface area contributed by atoms with Gasteiger partial charge in [-0.25, -0.2) is 4.39 Å². The molecule has 3 rings (SSSR count). The van der Waals surface area contributed by atoms with Crippen LogP contribution in [-0.2, 0) is 10.9 Å². The van der Waals surface area contributed by atoms with Gasteiger partial charge in [-0.3, -0.25) is 0 Å². The van der Waals surface area contributed by atoms with Gasteiger partial charge >= 0.3 is 6.18 Å². The SMILES string of the molecule is Fc1ccc(-c2cc(N3CCOCC3)cc(C(F)(F)F)c2)cc1. The van der Waals surface area contributed by atoms with Crippen molar-refractivity contribution in [2.24, 2.45) is 0 Å². The van der Waals surface area contributed by atoms with Crippen LogP contribution in [0.2, 0.25) is 0 Å². The standard InChI is InChI=1S/C17H15F4NO/c18-15-3-1-12(2-4-15)13-9-14(17(19,20)21)11-16(10-13)22-5-7-23-8-6-22/h1-4,9-11H,5-8H2. The Bertz CT molecular complexity index is 676. The molecule has 1 aliphatic heterocycles. The van der Waals surface area contributed by atoms with Gasteiger partial charge in [0.15, 0.2) is 0 Å². The van der Waals surface area contributed by atoms with Gasteiger partial charge in [0.05, 0.1) is 18.8 Å². The lowest BCUT2D eigenvalue weighted by Gasteiger charge is -2.30. The van der Waals surface area contributed by atoms with Crippen molar-refractivity contribution in [3.05, 3.63) is 53.8 Å². The van der Waals surface area contributed by atoms with E-state index in [0.717, 1.165) is 12.1 Å². The van der Waals surface area contributed by atoms with Crippen molar-refractivity contribution < 1.29 is 22.3 Å². The Labute approximate surface area is 131 Å². The van der Waals surface area contributed by atoms with Crippen LogP contribution in [0.25, 0.3) is 11.1 Å². The molecule has 0 aromatic heterocycles. The summed E-state index contributed by atoms with van der Waals surface area (Å²) in [7, 11) is 0. The van der Waals surface area contributed by atoms with E-state index in [2.05, 4.69) is 0 Å². The van der Waals surface area contributed by atoms with E-state index in [-0.39, 0.29) is 0 Å². The van der Waals surface area contributed by atoms with E-state index in [0.29, 0.717) is 43.1 Å². The van der Waals surface area contributed by atoms with Crippen molar-refractivity contribution >= 4 is 5.69 Å². The third kappa shape index (κ3) is 3.64. The average Bonchev–Trinajstić information content (AvgIpc) is 2.55. The average molecular weight is 325 g/mol. The predicted octanol–water partition coefficient (Wildman–Crippen LogP) is 4.35. The molecule has 0 amide bonds. The largest absolute Gasteiger partial charge is 0.416 e. The number of alkyl halides is 3. The van der Waals surface area contributed by atoms with Gasteiger partial charge in [-0.2, -0.15) is 13.2 Å². The molecule has 0 radical (unpaired) electrons. The Balaban J connectivity index is 2.05. The number of hydrogen-bond acceptors (Lipinski definition) is 2. The zero-order valence-electron chi connectivity index (χ0n) is 12.2. The van der Waals surface area contributed by atoms with Crippen LogP contribution >= 0.6 is 0 Å². The van der Waals surface area contributed by atoms with Crippen LogP contribution < -0.4 is 4.90 Å². The molecule has 23 heavy (non-hydrogen) atoms. The molecule has 0 N–H and O–H groups in total. The summed E-state index contributed by atoms with van der Waals surface area (Å²) in [6.07, 6.45) is -4.43. The molecule has 1 saturated heterocycles. The van der Waals surface area contributed by atoms with Gasteiger partial charge in [0.25, 0.3) is 0 Å². The Morgan fingerprint density at radius 1 is 0.870 bits per heavy atom. The molecule has 1 fully saturated rings. The summed E-state index contributed by atoms with van der Waals surface area (Å²) in [6, 6.07) is 9.39. The van der Waals surface area contributed by atoms with E-state index in [1.807, 2.05) is 4.90 Å². The number of nitrogens with zero attached hydrogens (tertiary/aromatic N) is 1. The number of anilines is 1. The summed E-state index contributed by atoms with van der Waals surface area (Å²) in [4.78, 5) is 1.87. The van der Waals surface area contributed by atoms with E-state index in [4.69, 9.17) is 4.74 Å². The normalized spacial score (nSPS) is 15.7. The van der Waals surface area contributed by atoms with Gasteiger partial charge in [-0.05, 0) is 41.5 Å². The van der Waals surface area contributed by atoms with Crippen LogP contribution in [0, 0.1) is 5.82 Å². The summed E-state index contributed by atoms with van der Waals surface area (Å²) >= 11 is 0. The lowest BCUT2D eigenvalue weighted by atomic mass is 10.0. The number of ether oxygens (including phenoxy) is 1. The molecule has 2 nitrogen and oxygen atoms in total. The van der Waals surface area contributed by atoms with Crippen molar-refractivity contribution in [2.45, 2.75) is 6.18 Å². The van der Waals surface area contributed by atoms with Crippen molar-refractivity contribution in [1.29, 1.82) is 0 Å². The summed E-state index contributed by atoms with van der Waals surface area (Å²) < 4.78 is 57.9. The zero-order chi connectivity index (χ0) is 16.4. The van der Waals surface area contributed by atoms with Crippen molar-refractivity contribution in [3.8, 4) is 11.1 Å². The highest BCUT2D eigenvalue weighted by Gasteiger charge is 2.32. The van der Waals surface area contributed by atoms with Crippen molar-refractivity contribution in [2.75, 3.05) is 31.2 Å². The van der Waals surface area contributed by atoms with Crippen LogP contribution in [0.1, 0.15) is 5.56 Å². The maximum atomic E-state index is 13.2. The first-order valence-corrected chi connectivity index (χ1v) is 7.24. The molecule has 0 atom stereocenters. The quantitative estimate of drug-likeness (QED) is 0.761. The van der Waals surface area contributed by atoms with Gasteiger partial charge in [-0.1, -0.05) is 12.1 Å². The highest BCUT2D eigenvalue weighted by atomic mass is 19.4. The fourth-order valence-corrected chi connectivity index (χ4v) is 2.59. The second-order valence-corrected chi connectivity index (χ2v) is 5.37. The van der Waals surface area contributed by atoms with Crippen LogP contribution in [0.5, 0.6) is 0 Å². The van der Waals surface area contributed by atoms with Gasteiger partial charge in [0.1, 0.15) is 5.82 Å². The second-order valence-electron chi connectivity index (χ2n) is 5.37. The molecule has 1 heterocycles. The Morgan fingerprint density at radius 3 is 2.13 bits per heavy atom. The third-order valence-electron chi connectivity index (χ3n) is 3.80. The van der Waals surface area contributed by atoms with Crippen LogP contribution in [0.4, 0.5) is 23.2 Å². The fraction of sp³-hybridized carbons (Fsp3) is 0.294. The minimum atomic E-state index is -4.43. The first-order chi connectivity index (χ1) is 10.9. The van der Waals surface area contributed by atoms with Crippen LogP contribution in [0.15, 0.2) is 42.5 Å². The fourth-order valence-electron chi connectivity index (χ4n) is 2.59. The monoisotopic (exact) mass is 325 g/mol. The number of morpholine rings is 1. The van der Waals surface area contributed by atoms with Crippen molar-refractivity contribution in [3.63, 3.8) is 0 Å². The highest BCUT2D eigenvalue weighted by molar-refractivity contribution is 5.70. The molecule has 6 heteroatoms. The predicted molar refractivity (Wildman–Crippen MR) is 79.9 cm³/mol. The van der Waals surface area contributed by atoms with E-state index < -0.39 is 17.6 Å². The minimum Gasteiger partial charge on any atom is -0.378 e. The van der Waals surface area contributed by atoms with Gasteiger partial charge < -0.3 is 9.64 Å². The lowest BCUT2D eigenvalue weighted by Crippen LogP contribution is -2.36.